The normalized spacial score (nSPS) is 10.9. The van der Waals surface area contributed by atoms with E-state index < -0.39 is 0 Å². The van der Waals surface area contributed by atoms with E-state index in [1.807, 2.05) is 48.5 Å². The smallest absolute Gasteiger partial charge is 0.162 e. The Morgan fingerprint density at radius 1 is 0.778 bits per heavy atom. The molecule has 0 amide bonds. The topological polar surface area (TPSA) is 37.8 Å². The van der Waals surface area contributed by atoms with Crippen LogP contribution in [0, 0.1) is 0 Å². The molecule has 1 aromatic heterocycles. The summed E-state index contributed by atoms with van der Waals surface area (Å²) in [5, 5.41) is 5.25. The van der Waals surface area contributed by atoms with Crippen LogP contribution in [0.2, 0.25) is 5.02 Å². The van der Waals surface area contributed by atoms with E-state index in [2.05, 4.69) is 35.6 Å². The number of hydrogen-bond donors (Lipinski definition) is 1. The van der Waals surface area contributed by atoms with Crippen LogP contribution < -0.4 is 5.32 Å². The van der Waals surface area contributed by atoms with Gasteiger partial charge in [-0.25, -0.2) is 9.97 Å². The van der Waals surface area contributed by atoms with Crippen LogP contribution in [-0.2, 0) is 6.42 Å². The highest BCUT2D eigenvalue weighted by Crippen LogP contribution is 2.25. The molecule has 0 saturated heterocycles. The zero-order valence-electron chi connectivity index (χ0n) is 14.9. The molecule has 0 aliphatic carbocycles. The molecule has 1 heterocycles. The minimum Gasteiger partial charge on any atom is -0.369 e. The molecule has 0 unspecified atom stereocenters. The van der Waals surface area contributed by atoms with Gasteiger partial charge < -0.3 is 5.32 Å². The maximum Gasteiger partial charge on any atom is 0.162 e. The van der Waals surface area contributed by atoms with E-state index in [1.54, 1.807) is 0 Å². The van der Waals surface area contributed by atoms with E-state index in [-0.39, 0.29) is 0 Å². The van der Waals surface area contributed by atoms with Crippen molar-refractivity contribution in [3.8, 4) is 11.4 Å². The Hall–Kier alpha value is -2.91. The molecule has 0 bridgehead atoms. The molecule has 0 fully saturated rings. The second kappa shape index (κ2) is 8.19. The average Bonchev–Trinajstić information content (AvgIpc) is 2.72. The molecule has 3 aromatic carbocycles. The predicted octanol–water partition coefficient (Wildman–Crippen LogP) is 5.99. The first-order chi connectivity index (χ1) is 13.3. The predicted molar refractivity (Wildman–Crippen MR) is 113 cm³/mol. The SMILES string of the molecule is Clc1ccc(-c2nc(NCCCc3ccccc3)c3ccccc3n2)cc1. The fourth-order valence-corrected chi connectivity index (χ4v) is 3.21. The van der Waals surface area contributed by atoms with Crippen molar-refractivity contribution in [2.45, 2.75) is 12.8 Å². The minimum absolute atomic E-state index is 0.705. The first-order valence-corrected chi connectivity index (χ1v) is 9.48. The van der Waals surface area contributed by atoms with E-state index in [4.69, 9.17) is 21.6 Å². The van der Waals surface area contributed by atoms with Crippen LogP contribution in [0.4, 0.5) is 5.82 Å². The Morgan fingerprint density at radius 2 is 1.52 bits per heavy atom. The number of benzene rings is 3. The Kier molecular flexibility index (Phi) is 5.31. The summed E-state index contributed by atoms with van der Waals surface area (Å²) in [4.78, 5) is 9.50. The lowest BCUT2D eigenvalue weighted by molar-refractivity contribution is 0.860. The number of anilines is 1. The maximum absolute atomic E-state index is 6.01. The van der Waals surface area contributed by atoms with E-state index in [9.17, 15) is 0 Å². The summed E-state index contributed by atoms with van der Waals surface area (Å²) in [7, 11) is 0. The summed E-state index contributed by atoms with van der Waals surface area (Å²) in [6.07, 6.45) is 2.08. The quantitative estimate of drug-likeness (QED) is 0.421. The van der Waals surface area contributed by atoms with Crippen molar-refractivity contribution in [3.63, 3.8) is 0 Å². The number of aryl methyl sites for hydroxylation is 1. The van der Waals surface area contributed by atoms with Gasteiger partial charge in [0.05, 0.1) is 5.52 Å². The summed E-state index contributed by atoms with van der Waals surface area (Å²) >= 11 is 6.01. The molecule has 0 saturated carbocycles. The highest BCUT2D eigenvalue weighted by atomic mass is 35.5. The van der Waals surface area contributed by atoms with Gasteiger partial charge >= 0.3 is 0 Å². The summed E-state index contributed by atoms with van der Waals surface area (Å²) < 4.78 is 0. The van der Waals surface area contributed by atoms with Crippen molar-refractivity contribution in [1.82, 2.24) is 9.97 Å². The van der Waals surface area contributed by atoms with Gasteiger partial charge in [0.25, 0.3) is 0 Å². The zero-order chi connectivity index (χ0) is 18.5. The van der Waals surface area contributed by atoms with Gasteiger partial charge in [0.2, 0.25) is 0 Å². The summed E-state index contributed by atoms with van der Waals surface area (Å²) in [5.74, 6) is 1.58. The van der Waals surface area contributed by atoms with Gasteiger partial charge in [0.1, 0.15) is 5.82 Å². The average molecular weight is 374 g/mol. The number of hydrogen-bond acceptors (Lipinski definition) is 3. The third kappa shape index (κ3) is 4.26. The van der Waals surface area contributed by atoms with Crippen LogP contribution in [0.3, 0.4) is 0 Å². The third-order valence-corrected chi connectivity index (χ3v) is 4.74. The fourth-order valence-electron chi connectivity index (χ4n) is 3.08. The van der Waals surface area contributed by atoms with E-state index in [1.165, 1.54) is 5.56 Å². The van der Waals surface area contributed by atoms with Gasteiger partial charge in [-0.3, -0.25) is 0 Å². The highest BCUT2D eigenvalue weighted by molar-refractivity contribution is 6.30. The molecule has 3 nitrogen and oxygen atoms in total. The van der Waals surface area contributed by atoms with Gasteiger partial charge in [0.15, 0.2) is 5.82 Å². The number of para-hydroxylation sites is 1. The maximum atomic E-state index is 6.01. The minimum atomic E-state index is 0.705. The van der Waals surface area contributed by atoms with Crippen LogP contribution in [-0.4, -0.2) is 16.5 Å². The van der Waals surface area contributed by atoms with Gasteiger partial charge in [-0.1, -0.05) is 54.1 Å². The Labute approximate surface area is 164 Å². The molecule has 1 N–H and O–H groups in total. The monoisotopic (exact) mass is 373 g/mol. The van der Waals surface area contributed by atoms with Gasteiger partial charge in [-0.05, 0) is 54.8 Å². The lowest BCUT2D eigenvalue weighted by Crippen LogP contribution is -2.06. The Bertz CT molecular complexity index is 1030. The lowest BCUT2D eigenvalue weighted by atomic mass is 10.1. The van der Waals surface area contributed by atoms with Crippen LogP contribution in [0.15, 0.2) is 78.9 Å². The van der Waals surface area contributed by atoms with Crippen molar-refractivity contribution in [1.29, 1.82) is 0 Å². The van der Waals surface area contributed by atoms with Crippen LogP contribution in [0.25, 0.3) is 22.3 Å². The highest BCUT2D eigenvalue weighted by Gasteiger charge is 2.09. The van der Waals surface area contributed by atoms with E-state index in [0.29, 0.717) is 10.8 Å². The molecule has 0 atom stereocenters. The van der Waals surface area contributed by atoms with Crippen LogP contribution in [0.5, 0.6) is 0 Å². The first kappa shape index (κ1) is 17.5. The molecule has 0 radical (unpaired) electrons. The summed E-state index contributed by atoms with van der Waals surface area (Å²) in [6, 6.07) is 26.3. The molecule has 4 rings (SSSR count). The van der Waals surface area contributed by atoms with Gasteiger partial charge in [-0.2, -0.15) is 0 Å². The number of halogens is 1. The van der Waals surface area contributed by atoms with E-state index >= 15 is 0 Å². The molecular formula is C23H20ClN3. The van der Waals surface area contributed by atoms with Crippen LogP contribution in [0.1, 0.15) is 12.0 Å². The number of rotatable bonds is 6. The van der Waals surface area contributed by atoms with Crippen molar-refractivity contribution < 1.29 is 0 Å². The molecule has 4 heteroatoms. The van der Waals surface area contributed by atoms with Gasteiger partial charge in [-0.15, -0.1) is 0 Å². The number of nitrogens with one attached hydrogen (secondary N) is 1. The molecular weight excluding hydrogens is 354 g/mol. The van der Waals surface area contributed by atoms with E-state index in [0.717, 1.165) is 41.7 Å². The summed E-state index contributed by atoms with van der Waals surface area (Å²) in [5.41, 5.74) is 3.24. The number of aromatic nitrogens is 2. The Balaban J connectivity index is 1.56. The molecule has 0 aliphatic heterocycles. The van der Waals surface area contributed by atoms with Crippen LogP contribution >= 0.6 is 11.6 Å². The Morgan fingerprint density at radius 3 is 2.33 bits per heavy atom. The molecule has 4 aromatic rings. The van der Waals surface area contributed by atoms with Crippen molar-refractivity contribution in [2.24, 2.45) is 0 Å². The molecule has 0 spiro atoms. The van der Waals surface area contributed by atoms with Gasteiger partial charge in [0, 0.05) is 22.5 Å². The second-order valence-corrected chi connectivity index (χ2v) is 6.87. The number of nitrogens with zero attached hydrogens (tertiary/aromatic N) is 2. The molecule has 134 valence electrons. The fraction of sp³-hybridized carbons (Fsp3) is 0.130. The molecule has 0 aliphatic rings. The first-order valence-electron chi connectivity index (χ1n) is 9.10. The lowest BCUT2D eigenvalue weighted by Gasteiger charge is -2.11. The number of fused-ring (bicyclic) bond motifs is 1. The standard InChI is InChI=1S/C23H20ClN3/c24-19-14-12-18(13-15-19)22-26-21-11-5-4-10-20(21)23(27-22)25-16-6-9-17-7-2-1-3-8-17/h1-5,7-8,10-15H,6,9,16H2,(H,25,26,27). The van der Waals surface area contributed by atoms with Crippen molar-refractivity contribution in [3.05, 3.63) is 89.4 Å². The second-order valence-electron chi connectivity index (χ2n) is 6.44. The largest absolute Gasteiger partial charge is 0.369 e. The molecule has 27 heavy (non-hydrogen) atoms. The third-order valence-electron chi connectivity index (χ3n) is 4.48. The zero-order valence-corrected chi connectivity index (χ0v) is 15.7. The van der Waals surface area contributed by atoms with Crippen molar-refractivity contribution >= 4 is 28.3 Å². The van der Waals surface area contributed by atoms with Crippen molar-refractivity contribution in [2.75, 3.05) is 11.9 Å². The summed E-state index contributed by atoms with van der Waals surface area (Å²) in [6.45, 7) is 0.857.